The van der Waals surface area contributed by atoms with Gasteiger partial charge in [-0.05, 0) is 30.7 Å². The summed E-state index contributed by atoms with van der Waals surface area (Å²) in [5.74, 6) is 0.710. The van der Waals surface area contributed by atoms with Crippen LogP contribution in [0.5, 0.6) is 5.75 Å². The topological polar surface area (TPSA) is 59.4 Å². The molecule has 23 heavy (non-hydrogen) atoms. The van der Waals surface area contributed by atoms with Crippen LogP contribution in [-0.4, -0.2) is 53.9 Å². The fourth-order valence-electron chi connectivity index (χ4n) is 2.58. The molecule has 7 heteroatoms. The van der Waals surface area contributed by atoms with E-state index < -0.39 is 0 Å². The molecule has 1 N–H and O–H groups in total. The summed E-state index contributed by atoms with van der Waals surface area (Å²) in [6, 6.07) is 7.64. The van der Waals surface area contributed by atoms with Gasteiger partial charge in [0.15, 0.2) is 5.69 Å². The number of nitrogens with one attached hydrogen (secondary N) is 1. The molecule has 0 atom stereocenters. The quantitative estimate of drug-likeness (QED) is 0.926. The maximum atomic E-state index is 12.5. The van der Waals surface area contributed by atoms with Crippen LogP contribution in [0.2, 0.25) is 0 Å². The summed E-state index contributed by atoms with van der Waals surface area (Å²) in [5.41, 5.74) is 2.41. The molecule has 1 aliphatic rings. The summed E-state index contributed by atoms with van der Waals surface area (Å²) in [4.78, 5) is 14.3. The van der Waals surface area contributed by atoms with Gasteiger partial charge in [0.25, 0.3) is 5.91 Å². The van der Waals surface area contributed by atoms with Crippen LogP contribution >= 0.6 is 12.4 Å². The molecule has 0 radical (unpaired) electrons. The van der Waals surface area contributed by atoms with E-state index in [-0.39, 0.29) is 18.3 Å². The Morgan fingerprint density at radius 2 is 2.00 bits per heavy atom. The Labute approximate surface area is 141 Å². The van der Waals surface area contributed by atoms with Gasteiger partial charge in [-0.3, -0.25) is 4.79 Å². The van der Waals surface area contributed by atoms with E-state index in [0.29, 0.717) is 5.69 Å². The molecule has 0 aliphatic carbocycles. The van der Waals surface area contributed by atoms with Gasteiger partial charge in [-0.25, -0.2) is 4.68 Å². The van der Waals surface area contributed by atoms with Gasteiger partial charge in [0.1, 0.15) is 11.4 Å². The van der Waals surface area contributed by atoms with Crippen LogP contribution in [0.15, 0.2) is 30.5 Å². The van der Waals surface area contributed by atoms with Gasteiger partial charge in [-0.2, -0.15) is 5.10 Å². The lowest BCUT2D eigenvalue weighted by atomic mass is 10.2. The largest absolute Gasteiger partial charge is 0.494 e. The summed E-state index contributed by atoms with van der Waals surface area (Å²) in [6.45, 7) is 5.12. The normalized spacial score (nSPS) is 14.3. The Morgan fingerprint density at radius 3 is 2.70 bits per heavy atom. The number of methoxy groups -OCH3 is 1. The first kappa shape index (κ1) is 17.3. The first-order chi connectivity index (χ1) is 10.7. The minimum atomic E-state index is -0.0214. The van der Waals surface area contributed by atoms with Crippen molar-refractivity contribution in [1.29, 1.82) is 0 Å². The highest BCUT2D eigenvalue weighted by atomic mass is 35.5. The van der Waals surface area contributed by atoms with Gasteiger partial charge < -0.3 is 15.0 Å². The number of rotatable bonds is 3. The van der Waals surface area contributed by atoms with Gasteiger partial charge in [-0.1, -0.05) is 6.07 Å². The number of benzene rings is 1. The number of nitrogens with zero attached hydrogens (tertiary/aromatic N) is 3. The zero-order valence-electron chi connectivity index (χ0n) is 13.3. The van der Waals surface area contributed by atoms with Crippen LogP contribution in [0.1, 0.15) is 16.1 Å². The van der Waals surface area contributed by atoms with Gasteiger partial charge >= 0.3 is 0 Å². The molecule has 2 heterocycles. The van der Waals surface area contributed by atoms with E-state index in [1.165, 1.54) is 0 Å². The Balaban J connectivity index is 0.00000192. The average molecular weight is 337 g/mol. The van der Waals surface area contributed by atoms with Crippen LogP contribution in [0, 0.1) is 6.92 Å². The molecular formula is C16H21ClN4O2. The maximum absolute atomic E-state index is 12.5. The van der Waals surface area contributed by atoms with Crippen molar-refractivity contribution in [2.45, 2.75) is 6.92 Å². The zero-order valence-corrected chi connectivity index (χ0v) is 14.1. The lowest BCUT2D eigenvalue weighted by Crippen LogP contribution is -2.46. The van der Waals surface area contributed by atoms with Crippen molar-refractivity contribution in [1.82, 2.24) is 20.0 Å². The molecule has 6 nitrogen and oxygen atoms in total. The van der Waals surface area contributed by atoms with Crippen molar-refractivity contribution in [2.75, 3.05) is 33.3 Å². The Kier molecular flexibility index (Phi) is 5.63. The molecule has 0 unspecified atom stereocenters. The first-order valence-electron chi connectivity index (χ1n) is 7.40. The maximum Gasteiger partial charge on any atom is 0.274 e. The molecule has 124 valence electrons. The number of aryl methyl sites for hydroxylation is 1. The van der Waals surface area contributed by atoms with Crippen LogP contribution < -0.4 is 10.1 Å². The number of amides is 1. The summed E-state index contributed by atoms with van der Waals surface area (Å²) >= 11 is 0. The van der Waals surface area contributed by atoms with E-state index in [4.69, 9.17) is 4.74 Å². The fraction of sp³-hybridized carbons (Fsp3) is 0.375. The predicted octanol–water partition coefficient (Wildman–Crippen LogP) is 1.66. The summed E-state index contributed by atoms with van der Waals surface area (Å²) in [5, 5.41) is 7.67. The third-order valence-electron chi connectivity index (χ3n) is 3.79. The minimum Gasteiger partial charge on any atom is -0.494 e. The molecule has 1 fully saturated rings. The molecule has 2 aromatic rings. The number of hydrogen-bond acceptors (Lipinski definition) is 4. The minimum absolute atomic E-state index is 0. The lowest BCUT2D eigenvalue weighted by molar-refractivity contribution is 0.0729. The van der Waals surface area contributed by atoms with Crippen molar-refractivity contribution in [2.24, 2.45) is 0 Å². The molecule has 1 amide bonds. The van der Waals surface area contributed by atoms with E-state index in [1.54, 1.807) is 24.1 Å². The van der Waals surface area contributed by atoms with Crippen molar-refractivity contribution < 1.29 is 9.53 Å². The van der Waals surface area contributed by atoms with Crippen molar-refractivity contribution in [3.05, 3.63) is 41.7 Å². The second-order valence-electron chi connectivity index (χ2n) is 5.36. The number of aromatic nitrogens is 2. The highest BCUT2D eigenvalue weighted by Gasteiger charge is 2.20. The van der Waals surface area contributed by atoms with E-state index in [9.17, 15) is 4.79 Å². The standard InChI is InChI=1S/C16H20N4O2.ClH/c1-12-3-4-15(22-2)14(11-12)20-8-5-13(18-20)16(21)19-9-6-17-7-10-19;/h3-5,8,11,17H,6-7,9-10H2,1-2H3;1H. The van der Waals surface area contributed by atoms with Crippen LogP contribution in [0.25, 0.3) is 5.69 Å². The highest BCUT2D eigenvalue weighted by molar-refractivity contribution is 5.92. The van der Waals surface area contributed by atoms with E-state index in [2.05, 4.69) is 10.4 Å². The monoisotopic (exact) mass is 336 g/mol. The Bertz CT molecular complexity index is 680. The number of carbonyl (C=O) groups excluding carboxylic acids is 1. The number of ether oxygens (including phenoxy) is 1. The number of halogens is 1. The van der Waals surface area contributed by atoms with Crippen molar-refractivity contribution in [3.8, 4) is 11.4 Å². The molecule has 1 aromatic heterocycles. The SMILES string of the molecule is COc1ccc(C)cc1-n1ccc(C(=O)N2CCNCC2)n1.Cl. The zero-order chi connectivity index (χ0) is 15.5. The van der Waals surface area contributed by atoms with Gasteiger partial charge in [0.2, 0.25) is 0 Å². The predicted molar refractivity (Wildman–Crippen MR) is 90.9 cm³/mol. The number of hydrogen-bond donors (Lipinski definition) is 1. The molecule has 0 spiro atoms. The smallest absolute Gasteiger partial charge is 0.274 e. The molecular weight excluding hydrogens is 316 g/mol. The number of piperazine rings is 1. The van der Waals surface area contributed by atoms with Gasteiger partial charge in [0, 0.05) is 32.4 Å². The molecule has 0 bridgehead atoms. The molecule has 1 saturated heterocycles. The van der Waals surface area contributed by atoms with Gasteiger partial charge in [0.05, 0.1) is 7.11 Å². The second kappa shape index (κ2) is 7.48. The molecule has 1 aromatic carbocycles. The lowest BCUT2D eigenvalue weighted by Gasteiger charge is -2.26. The van der Waals surface area contributed by atoms with Crippen LogP contribution in [0.4, 0.5) is 0 Å². The van der Waals surface area contributed by atoms with E-state index in [0.717, 1.165) is 43.2 Å². The van der Waals surface area contributed by atoms with Crippen molar-refractivity contribution >= 4 is 18.3 Å². The summed E-state index contributed by atoms with van der Waals surface area (Å²) in [7, 11) is 1.63. The third kappa shape index (κ3) is 3.65. The molecule has 3 rings (SSSR count). The first-order valence-corrected chi connectivity index (χ1v) is 7.40. The van der Waals surface area contributed by atoms with E-state index in [1.807, 2.05) is 30.0 Å². The van der Waals surface area contributed by atoms with Crippen LogP contribution in [-0.2, 0) is 0 Å². The second-order valence-corrected chi connectivity index (χ2v) is 5.36. The highest BCUT2D eigenvalue weighted by Crippen LogP contribution is 2.23. The average Bonchev–Trinajstić information content (AvgIpc) is 3.04. The van der Waals surface area contributed by atoms with Gasteiger partial charge in [-0.15, -0.1) is 12.4 Å². The molecule has 1 aliphatic heterocycles. The Hall–Kier alpha value is -2.05. The molecule has 0 saturated carbocycles. The van der Waals surface area contributed by atoms with E-state index >= 15 is 0 Å². The third-order valence-corrected chi connectivity index (χ3v) is 3.79. The van der Waals surface area contributed by atoms with Crippen molar-refractivity contribution in [3.63, 3.8) is 0 Å². The Morgan fingerprint density at radius 1 is 1.26 bits per heavy atom. The number of carbonyl (C=O) groups is 1. The fourth-order valence-corrected chi connectivity index (χ4v) is 2.58. The van der Waals surface area contributed by atoms with Crippen LogP contribution in [0.3, 0.4) is 0 Å². The summed E-state index contributed by atoms with van der Waals surface area (Å²) < 4.78 is 7.07. The summed E-state index contributed by atoms with van der Waals surface area (Å²) in [6.07, 6.45) is 1.80.